The topological polar surface area (TPSA) is 67.5 Å². The van der Waals surface area contributed by atoms with E-state index in [0.717, 1.165) is 39.8 Å². The van der Waals surface area contributed by atoms with Crippen LogP contribution in [0.25, 0.3) is 16.8 Å². The molecule has 6 nitrogen and oxygen atoms in total. The first-order chi connectivity index (χ1) is 14.0. The van der Waals surface area contributed by atoms with Crippen molar-refractivity contribution >= 4 is 22.9 Å². The minimum absolute atomic E-state index is 0.477. The van der Waals surface area contributed by atoms with Crippen LogP contribution in [0.5, 0.6) is 0 Å². The summed E-state index contributed by atoms with van der Waals surface area (Å²) in [4.78, 5) is 13.9. The average molecular weight is 391 g/mol. The Morgan fingerprint density at radius 2 is 1.97 bits per heavy atom. The van der Waals surface area contributed by atoms with Crippen molar-refractivity contribution in [2.75, 3.05) is 5.32 Å². The van der Waals surface area contributed by atoms with Gasteiger partial charge in [-0.3, -0.25) is 9.98 Å². The van der Waals surface area contributed by atoms with Crippen LogP contribution in [-0.2, 0) is 0 Å². The predicted molar refractivity (Wildman–Crippen MR) is 119 cm³/mol. The maximum absolute atomic E-state index is 4.76. The van der Waals surface area contributed by atoms with Gasteiger partial charge in [-0.15, -0.1) is 5.10 Å². The van der Waals surface area contributed by atoms with Gasteiger partial charge >= 0.3 is 0 Å². The second-order valence-electron chi connectivity index (χ2n) is 8.27. The Balaban J connectivity index is 1.54. The van der Waals surface area contributed by atoms with Crippen LogP contribution < -0.4 is 5.32 Å². The van der Waals surface area contributed by atoms with E-state index in [2.05, 4.69) is 33.4 Å². The monoisotopic (exact) mass is 390 g/mol. The molecule has 152 valence electrons. The third kappa shape index (κ3) is 4.31. The summed E-state index contributed by atoms with van der Waals surface area (Å²) in [5, 5.41) is 8.21. The fourth-order valence-electron chi connectivity index (χ4n) is 4.14. The molecule has 1 aliphatic carbocycles. The Morgan fingerprint density at radius 3 is 2.66 bits per heavy atom. The highest BCUT2D eigenvalue weighted by molar-refractivity contribution is 5.83. The van der Waals surface area contributed by atoms with Crippen molar-refractivity contribution in [3.8, 4) is 11.3 Å². The van der Waals surface area contributed by atoms with Crippen LogP contribution in [-0.4, -0.2) is 31.3 Å². The summed E-state index contributed by atoms with van der Waals surface area (Å²) in [5.74, 6) is 1.59. The molecule has 0 radical (unpaired) electrons. The molecule has 4 rings (SSSR count). The van der Waals surface area contributed by atoms with Crippen molar-refractivity contribution in [2.24, 2.45) is 10.9 Å². The standard InChI is InChI=1S/C23H30N6/c1-5-17-6-8-18(9-7-17)27-23-24-14-22-19(12-13-29(22)28-23)21-11-10-20(16(4)26-21)25-15(2)3/h10-14,17-18H,5-9H2,1-4H3,(H,27,28). The second kappa shape index (κ2) is 8.31. The number of aromatic nitrogens is 4. The van der Waals surface area contributed by atoms with Crippen molar-refractivity contribution in [3.05, 3.63) is 36.3 Å². The third-order valence-corrected chi connectivity index (χ3v) is 5.85. The summed E-state index contributed by atoms with van der Waals surface area (Å²) in [7, 11) is 0. The number of anilines is 1. The van der Waals surface area contributed by atoms with Crippen LogP contribution in [0, 0.1) is 12.8 Å². The van der Waals surface area contributed by atoms with Gasteiger partial charge < -0.3 is 5.32 Å². The number of aryl methyl sites for hydroxylation is 1. The Kier molecular flexibility index (Phi) is 5.60. The van der Waals surface area contributed by atoms with Gasteiger partial charge in [-0.05, 0) is 70.6 Å². The first-order valence-electron chi connectivity index (χ1n) is 10.6. The molecule has 1 aliphatic rings. The van der Waals surface area contributed by atoms with Gasteiger partial charge in [0.15, 0.2) is 0 Å². The number of nitrogens with one attached hydrogen (secondary N) is 1. The Bertz CT molecular complexity index is 1020. The van der Waals surface area contributed by atoms with E-state index in [1.54, 1.807) is 0 Å². The largest absolute Gasteiger partial charge is 0.350 e. The van der Waals surface area contributed by atoms with Crippen LogP contribution >= 0.6 is 0 Å². The molecular weight excluding hydrogens is 360 g/mol. The van der Waals surface area contributed by atoms with E-state index in [0.29, 0.717) is 12.0 Å². The van der Waals surface area contributed by atoms with Gasteiger partial charge in [0.2, 0.25) is 5.95 Å². The van der Waals surface area contributed by atoms with Gasteiger partial charge in [0.1, 0.15) is 0 Å². The number of rotatable bonds is 5. The molecule has 3 heterocycles. The Hall–Kier alpha value is -2.76. The zero-order chi connectivity index (χ0) is 20.4. The molecule has 0 amide bonds. The number of hydrogen-bond acceptors (Lipinski definition) is 5. The molecule has 0 saturated heterocycles. The van der Waals surface area contributed by atoms with E-state index in [4.69, 9.17) is 4.98 Å². The quantitative estimate of drug-likeness (QED) is 0.576. The summed E-state index contributed by atoms with van der Waals surface area (Å²) in [5.41, 5.74) is 5.77. The number of aliphatic imine (C=N–C) groups is 1. The molecule has 3 aromatic heterocycles. The minimum atomic E-state index is 0.477. The number of hydrogen-bond donors (Lipinski definition) is 1. The molecule has 6 heteroatoms. The molecule has 1 fully saturated rings. The van der Waals surface area contributed by atoms with E-state index >= 15 is 0 Å². The number of pyridine rings is 1. The summed E-state index contributed by atoms with van der Waals surface area (Å²) in [6.07, 6.45) is 10.2. The van der Waals surface area contributed by atoms with Crippen molar-refractivity contribution in [1.82, 2.24) is 19.6 Å². The second-order valence-corrected chi connectivity index (χ2v) is 8.27. The highest BCUT2D eigenvalue weighted by Crippen LogP contribution is 2.29. The molecule has 0 aromatic carbocycles. The Morgan fingerprint density at radius 1 is 1.17 bits per heavy atom. The van der Waals surface area contributed by atoms with Gasteiger partial charge in [-0.2, -0.15) is 0 Å². The number of nitrogens with zero attached hydrogens (tertiary/aromatic N) is 5. The first-order valence-corrected chi connectivity index (χ1v) is 10.6. The smallest absolute Gasteiger partial charge is 0.241 e. The summed E-state index contributed by atoms with van der Waals surface area (Å²) in [6, 6.07) is 6.57. The molecule has 0 aliphatic heterocycles. The van der Waals surface area contributed by atoms with Crippen LogP contribution in [0.15, 0.2) is 35.6 Å². The van der Waals surface area contributed by atoms with E-state index in [1.165, 1.54) is 32.1 Å². The van der Waals surface area contributed by atoms with Gasteiger partial charge in [0.05, 0.1) is 28.8 Å². The van der Waals surface area contributed by atoms with Gasteiger partial charge in [0, 0.05) is 23.5 Å². The minimum Gasteiger partial charge on any atom is -0.350 e. The van der Waals surface area contributed by atoms with E-state index in [9.17, 15) is 0 Å². The molecule has 29 heavy (non-hydrogen) atoms. The van der Waals surface area contributed by atoms with E-state index < -0.39 is 0 Å². The SMILES string of the molecule is CCC1CCC(Nc2ncc3c(-c4ccc(N=C(C)C)c(C)n4)ccn3n2)CC1. The lowest BCUT2D eigenvalue weighted by molar-refractivity contribution is 0.329. The van der Waals surface area contributed by atoms with Crippen LogP contribution in [0.4, 0.5) is 11.6 Å². The average Bonchev–Trinajstić information content (AvgIpc) is 3.13. The third-order valence-electron chi connectivity index (χ3n) is 5.85. The van der Waals surface area contributed by atoms with Crippen LogP contribution in [0.1, 0.15) is 58.6 Å². The summed E-state index contributed by atoms with van der Waals surface area (Å²) in [6.45, 7) is 8.27. The molecule has 1 N–H and O–H groups in total. The van der Waals surface area contributed by atoms with Crippen molar-refractivity contribution in [1.29, 1.82) is 0 Å². The predicted octanol–water partition coefficient (Wildman–Crippen LogP) is 5.59. The molecule has 1 saturated carbocycles. The molecule has 0 bridgehead atoms. The fraction of sp³-hybridized carbons (Fsp3) is 0.478. The lowest BCUT2D eigenvalue weighted by atomic mass is 9.85. The normalized spacial score (nSPS) is 19.3. The fourth-order valence-corrected chi connectivity index (χ4v) is 4.14. The Labute approximate surface area is 172 Å². The molecule has 3 aromatic rings. The zero-order valence-corrected chi connectivity index (χ0v) is 17.8. The van der Waals surface area contributed by atoms with Crippen molar-refractivity contribution in [2.45, 2.75) is 65.8 Å². The number of fused-ring (bicyclic) bond motifs is 1. The van der Waals surface area contributed by atoms with Crippen LogP contribution in [0.3, 0.4) is 0 Å². The lowest BCUT2D eigenvalue weighted by Crippen LogP contribution is -2.27. The lowest BCUT2D eigenvalue weighted by Gasteiger charge is -2.28. The highest BCUT2D eigenvalue weighted by Gasteiger charge is 2.20. The maximum Gasteiger partial charge on any atom is 0.241 e. The maximum atomic E-state index is 4.76. The van der Waals surface area contributed by atoms with Crippen LogP contribution in [0.2, 0.25) is 0 Å². The highest BCUT2D eigenvalue weighted by atomic mass is 15.3. The van der Waals surface area contributed by atoms with Gasteiger partial charge in [0.25, 0.3) is 0 Å². The summed E-state index contributed by atoms with van der Waals surface area (Å²) < 4.78 is 1.89. The summed E-state index contributed by atoms with van der Waals surface area (Å²) >= 11 is 0. The van der Waals surface area contributed by atoms with Gasteiger partial charge in [-0.1, -0.05) is 13.3 Å². The molecule has 0 atom stereocenters. The van der Waals surface area contributed by atoms with Gasteiger partial charge in [-0.25, -0.2) is 9.50 Å². The zero-order valence-electron chi connectivity index (χ0n) is 17.8. The van der Waals surface area contributed by atoms with E-state index in [1.807, 2.05) is 49.8 Å². The first kappa shape index (κ1) is 19.6. The molecular formula is C23H30N6. The molecule has 0 spiro atoms. The van der Waals surface area contributed by atoms with Crippen molar-refractivity contribution in [3.63, 3.8) is 0 Å². The molecule has 0 unspecified atom stereocenters. The van der Waals surface area contributed by atoms with E-state index in [-0.39, 0.29) is 0 Å². The van der Waals surface area contributed by atoms with Crippen molar-refractivity contribution < 1.29 is 0 Å².